The first kappa shape index (κ1) is 25.8. The summed E-state index contributed by atoms with van der Waals surface area (Å²) in [7, 11) is 3.85. The van der Waals surface area contributed by atoms with Crippen LogP contribution in [0.15, 0.2) is 0 Å². The highest BCUT2D eigenvalue weighted by Gasteiger charge is 2.29. The molecule has 0 aliphatic heterocycles. The van der Waals surface area contributed by atoms with Crippen molar-refractivity contribution in [3.8, 4) is 0 Å². The highest BCUT2D eigenvalue weighted by Crippen LogP contribution is 2.16. The van der Waals surface area contributed by atoms with Crippen molar-refractivity contribution in [2.45, 2.75) is 76.7 Å². The van der Waals surface area contributed by atoms with E-state index in [1.165, 1.54) is 6.92 Å². The fourth-order valence-corrected chi connectivity index (χ4v) is 2.67. The van der Waals surface area contributed by atoms with Gasteiger partial charge in [-0.1, -0.05) is 25.7 Å². The molecule has 160 valence electrons. The number of aliphatic hydroxyl groups is 1. The number of rotatable bonds is 18. The topological polar surface area (TPSA) is 96.9 Å². The first-order valence-corrected chi connectivity index (χ1v) is 10.2. The molecule has 0 spiro atoms. The lowest BCUT2D eigenvalue weighted by Crippen LogP contribution is -2.32. The standard InChI is InChI=1S/C20H40N2O5/c1-20(25,16-18(23)26-14-10-6-4-8-12-21-2)17-19(24)27-15-11-7-5-9-13-22-3/h21-22,25H,4-17H2,1-3H3. The fourth-order valence-electron chi connectivity index (χ4n) is 2.67. The van der Waals surface area contributed by atoms with Crippen molar-refractivity contribution in [1.82, 2.24) is 10.6 Å². The number of carbonyl (C=O) groups excluding carboxylic acids is 2. The van der Waals surface area contributed by atoms with E-state index in [0.29, 0.717) is 13.2 Å². The van der Waals surface area contributed by atoms with Gasteiger partial charge in [-0.25, -0.2) is 0 Å². The molecule has 0 aromatic heterocycles. The third kappa shape index (κ3) is 18.0. The number of unbranched alkanes of at least 4 members (excludes halogenated alkanes) is 6. The molecule has 0 aromatic carbocycles. The Bertz CT molecular complexity index is 355. The van der Waals surface area contributed by atoms with Gasteiger partial charge in [0.1, 0.15) is 0 Å². The molecule has 0 unspecified atom stereocenters. The highest BCUT2D eigenvalue weighted by atomic mass is 16.5. The summed E-state index contributed by atoms with van der Waals surface area (Å²) in [5.41, 5.74) is -1.44. The van der Waals surface area contributed by atoms with Crippen molar-refractivity contribution in [1.29, 1.82) is 0 Å². The SMILES string of the molecule is CNCCCCCCOC(=O)CC(C)(O)CC(=O)OCCCCCCNC. The molecule has 27 heavy (non-hydrogen) atoms. The molecule has 0 aliphatic rings. The number of ether oxygens (including phenoxy) is 2. The minimum atomic E-state index is -1.44. The molecule has 3 N–H and O–H groups in total. The minimum Gasteiger partial charge on any atom is -0.466 e. The Morgan fingerprint density at radius 2 is 1.11 bits per heavy atom. The average molecular weight is 389 g/mol. The Balaban J connectivity index is 3.74. The molecular weight excluding hydrogens is 348 g/mol. The van der Waals surface area contributed by atoms with Crippen LogP contribution in [-0.4, -0.2) is 63.0 Å². The van der Waals surface area contributed by atoms with Crippen LogP contribution >= 0.6 is 0 Å². The van der Waals surface area contributed by atoms with Crippen molar-refractivity contribution in [3.63, 3.8) is 0 Å². The van der Waals surface area contributed by atoms with E-state index in [1.54, 1.807) is 0 Å². The molecule has 7 nitrogen and oxygen atoms in total. The molecule has 0 saturated carbocycles. The lowest BCUT2D eigenvalue weighted by molar-refractivity contribution is -0.154. The van der Waals surface area contributed by atoms with E-state index in [2.05, 4.69) is 10.6 Å². The van der Waals surface area contributed by atoms with Crippen molar-refractivity contribution in [3.05, 3.63) is 0 Å². The van der Waals surface area contributed by atoms with E-state index in [9.17, 15) is 14.7 Å². The van der Waals surface area contributed by atoms with Crippen molar-refractivity contribution < 1.29 is 24.2 Å². The summed E-state index contributed by atoms with van der Waals surface area (Å²) in [4.78, 5) is 23.6. The van der Waals surface area contributed by atoms with Crippen LogP contribution in [0.1, 0.15) is 71.1 Å². The molecule has 0 aliphatic carbocycles. The molecule has 0 radical (unpaired) electrons. The van der Waals surface area contributed by atoms with Gasteiger partial charge in [-0.3, -0.25) is 9.59 Å². The van der Waals surface area contributed by atoms with Crippen LogP contribution < -0.4 is 10.6 Å². The zero-order valence-electron chi connectivity index (χ0n) is 17.5. The lowest BCUT2D eigenvalue weighted by Gasteiger charge is -2.21. The smallest absolute Gasteiger partial charge is 0.308 e. The molecular formula is C20H40N2O5. The quantitative estimate of drug-likeness (QED) is 0.244. The molecule has 0 atom stereocenters. The molecule has 0 amide bonds. The molecule has 7 heteroatoms. The monoisotopic (exact) mass is 388 g/mol. The van der Waals surface area contributed by atoms with Gasteiger partial charge in [0.25, 0.3) is 0 Å². The van der Waals surface area contributed by atoms with E-state index < -0.39 is 17.5 Å². The molecule has 0 bridgehead atoms. The number of hydrogen-bond donors (Lipinski definition) is 3. The molecule has 0 rings (SSSR count). The summed E-state index contributed by atoms with van der Waals surface area (Å²) >= 11 is 0. The van der Waals surface area contributed by atoms with E-state index in [1.807, 2.05) is 14.1 Å². The Labute approximate surface area is 164 Å². The fraction of sp³-hybridized carbons (Fsp3) is 0.900. The van der Waals surface area contributed by atoms with Gasteiger partial charge in [0.15, 0.2) is 0 Å². The molecule has 0 saturated heterocycles. The van der Waals surface area contributed by atoms with E-state index in [-0.39, 0.29) is 12.8 Å². The Hall–Kier alpha value is -1.18. The van der Waals surface area contributed by atoms with Crippen molar-refractivity contribution >= 4 is 11.9 Å². The lowest BCUT2D eigenvalue weighted by atomic mass is 9.98. The van der Waals surface area contributed by atoms with Crippen molar-refractivity contribution in [2.75, 3.05) is 40.4 Å². The van der Waals surface area contributed by atoms with Gasteiger partial charge in [0.05, 0.1) is 31.7 Å². The molecule has 0 fully saturated rings. The van der Waals surface area contributed by atoms with Crippen LogP contribution in [0, 0.1) is 0 Å². The Morgan fingerprint density at radius 1 is 0.741 bits per heavy atom. The van der Waals surface area contributed by atoms with Crippen LogP contribution in [0.2, 0.25) is 0 Å². The highest BCUT2D eigenvalue weighted by molar-refractivity contribution is 5.74. The number of nitrogens with one attached hydrogen (secondary N) is 2. The van der Waals surface area contributed by atoms with E-state index >= 15 is 0 Å². The van der Waals surface area contributed by atoms with E-state index in [4.69, 9.17) is 9.47 Å². The zero-order chi connectivity index (χ0) is 20.4. The largest absolute Gasteiger partial charge is 0.466 e. The summed E-state index contributed by atoms with van der Waals surface area (Å²) in [5, 5.41) is 16.4. The average Bonchev–Trinajstić information content (AvgIpc) is 2.59. The summed E-state index contributed by atoms with van der Waals surface area (Å²) in [5.74, 6) is -0.958. The molecule has 0 aromatic rings. The first-order valence-electron chi connectivity index (χ1n) is 10.2. The summed E-state index contributed by atoms with van der Waals surface area (Å²) in [6, 6.07) is 0. The second kappa shape index (κ2) is 17.0. The summed E-state index contributed by atoms with van der Waals surface area (Å²) in [6.45, 7) is 4.16. The maximum absolute atomic E-state index is 11.8. The predicted octanol–water partition coefficient (Wildman–Crippen LogP) is 2.16. The summed E-state index contributed by atoms with van der Waals surface area (Å²) < 4.78 is 10.3. The maximum Gasteiger partial charge on any atom is 0.308 e. The van der Waals surface area contributed by atoms with Gasteiger partial charge in [-0.15, -0.1) is 0 Å². The predicted molar refractivity (Wildman–Crippen MR) is 107 cm³/mol. The number of carbonyl (C=O) groups is 2. The van der Waals surface area contributed by atoms with Gasteiger partial charge in [0, 0.05) is 0 Å². The normalized spacial score (nSPS) is 11.4. The van der Waals surface area contributed by atoms with Crippen LogP contribution in [0.3, 0.4) is 0 Å². The van der Waals surface area contributed by atoms with Gasteiger partial charge in [-0.05, 0) is 59.8 Å². The molecule has 0 heterocycles. The number of hydrogen-bond acceptors (Lipinski definition) is 7. The second-order valence-corrected chi connectivity index (χ2v) is 7.33. The first-order chi connectivity index (χ1) is 12.9. The van der Waals surface area contributed by atoms with E-state index in [0.717, 1.165) is 64.5 Å². The van der Waals surface area contributed by atoms with Crippen LogP contribution in [0.5, 0.6) is 0 Å². The minimum absolute atomic E-state index is 0.203. The van der Waals surface area contributed by atoms with Crippen LogP contribution in [-0.2, 0) is 19.1 Å². The zero-order valence-corrected chi connectivity index (χ0v) is 17.5. The third-order valence-electron chi connectivity index (χ3n) is 4.22. The summed E-state index contributed by atoms with van der Waals surface area (Å²) in [6.07, 6.45) is 7.64. The van der Waals surface area contributed by atoms with Crippen LogP contribution in [0.25, 0.3) is 0 Å². The third-order valence-corrected chi connectivity index (χ3v) is 4.22. The second-order valence-electron chi connectivity index (χ2n) is 7.33. The van der Waals surface area contributed by atoms with Gasteiger partial charge >= 0.3 is 11.9 Å². The van der Waals surface area contributed by atoms with Crippen LogP contribution in [0.4, 0.5) is 0 Å². The van der Waals surface area contributed by atoms with Gasteiger partial charge < -0.3 is 25.2 Å². The number of esters is 2. The Morgan fingerprint density at radius 3 is 1.48 bits per heavy atom. The Kier molecular flexibility index (Phi) is 16.2. The van der Waals surface area contributed by atoms with Crippen molar-refractivity contribution in [2.24, 2.45) is 0 Å². The van der Waals surface area contributed by atoms with Gasteiger partial charge in [-0.2, -0.15) is 0 Å². The maximum atomic E-state index is 11.8. The van der Waals surface area contributed by atoms with Gasteiger partial charge in [0.2, 0.25) is 0 Å².